The Kier molecular flexibility index (Phi) is 9.19. The number of nitrogens with zero attached hydrogens (tertiary/aromatic N) is 2. The number of methoxy groups -OCH3 is 2. The molecule has 2 atom stereocenters. The Balaban J connectivity index is 1.70. The molecule has 1 saturated heterocycles. The summed E-state index contributed by atoms with van der Waals surface area (Å²) in [6.45, 7) is 5.92. The standard InChI is InChI=1S/C25H36N4O3/c1-4-26-25(28-18-24(30)20-10-8-12-22(16-20)32-3)27-17-23(29-13-5-6-14-29)19-9-7-11-21(15-19)31-2/h7-12,15-16,23-24,30H,4-6,13-14,17-18H2,1-3H3,(H2,26,27,28). The summed E-state index contributed by atoms with van der Waals surface area (Å²) in [6.07, 6.45) is 1.77. The van der Waals surface area contributed by atoms with Gasteiger partial charge in [-0.25, -0.2) is 0 Å². The average Bonchev–Trinajstić information content (AvgIpc) is 3.37. The van der Waals surface area contributed by atoms with Gasteiger partial charge in [0.2, 0.25) is 0 Å². The summed E-state index contributed by atoms with van der Waals surface area (Å²) in [6, 6.07) is 15.9. The van der Waals surface area contributed by atoms with Crippen LogP contribution < -0.4 is 20.1 Å². The normalized spacial score (nSPS) is 16.4. The first-order valence-corrected chi connectivity index (χ1v) is 11.4. The van der Waals surface area contributed by atoms with Crippen molar-refractivity contribution in [2.24, 2.45) is 4.99 Å². The van der Waals surface area contributed by atoms with E-state index in [2.05, 4.69) is 27.7 Å². The lowest BCUT2D eigenvalue weighted by atomic mass is 10.1. The Bertz CT molecular complexity index is 868. The Morgan fingerprint density at radius 1 is 1.00 bits per heavy atom. The number of likely N-dealkylation sites (tertiary alicyclic amines) is 1. The maximum Gasteiger partial charge on any atom is 0.191 e. The number of aliphatic imine (C=N–C) groups is 1. The van der Waals surface area contributed by atoms with Crippen LogP contribution in [0, 0.1) is 0 Å². The van der Waals surface area contributed by atoms with Crippen molar-refractivity contribution >= 4 is 5.96 Å². The maximum absolute atomic E-state index is 10.6. The van der Waals surface area contributed by atoms with E-state index in [4.69, 9.17) is 14.5 Å². The molecule has 174 valence electrons. The van der Waals surface area contributed by atoms with Gasteiger partial charge >= 0.3 is 0 Å². The molecular formula is C25H36N4O3. The molecule has 1 aliphatic rings. The molecule has 0 amide bonds. The van der Waals surface area contributed by atoms with E-state index in [0.717, 1.165) is 36.7 Å². The highest BCUT2D eigenvalue weighted by Crippen LogP contribution is 2.28. The van der Waals surface area contributed by atoms with Crippen molar-refractivity contribution in [1.82, 2.24) is 15.5 Å². The van der Waals surface area contributed by atoms with Crippen LogP contribution in [0.4, 0.5) is 0 Å². The predicted octanol–water partition coefficient (Wildman–Crippen LogP) is 3.13. The van der Waals surface area contributed by atoms with Gasteiger partial charge in [-0.15, -0.1) is 0 Å². The molecule has 1 fully saturated rings. The molecule has 0 aromatic heterocycles. The van der Waals surface area contributed by atoms with E-state index in [1.807, 2.05) is 43.3 Å². The summed E-state index contributed by atoms with van der Waals surface area (Å²) in [5, 5.41) is 17.2. The number of hydrogen-bond donors (Lipinski definition) is 3. The Labute approximate surface area is 191 Å². The van der Waals surface area contributed by atoms with Gasteiger partial charge in [-0.3, -0.25) is 9.89 Å². The predicted molar refractivity (Wildman–Crippen MR) is 128 cm³/mol. The first-order chi connectivity index (χ1) is 15.6. The molecule has 2 aromatic rings. The van der Waals surface area contributed by atoms with Crippen LogP contribution in [0.3, 0.4) is 0 Å². The van der Waals surface area contributed by atoms with Crippen LogP contribution in [-0.4, -0.2) is 62.9 Å². The van der Waals surface area contributed by atoms with Crippen LogP contribution in [0.25, 0.3) is 0 Å². The molecule has 1 heterocycles. The van der Waals surface area contributed by atoms with E-state index in [1.165, 1.54) is 18.4 Å². The lowest BCUT2D eigenvalue weighted by Gasteiger charge is -2.27. The molecule has 3 rings (SSSR count). The van der Waals surface area contributed by atoms with Gasteiger partial charge in [-0.1, -0.05) is 24.3 Å². The van der Waals surface area contributed by atoms with Gasteiger partial charge < -0.3 is 25.2 Å². The topological polar surface area (TPSA) is 78.4 Å². The fraction of sp³-hybridized carbons (Fsp3) is 0.480. The third-order valence-corrected chi connectivity index (χ3v) is 5.77. The van der Waals surface area contributed by atoms with Crippen molar-refractivity contribution in [1.29, 1.82) is 0 Å². The lowest BCUT2D eigenvalue weighted by Crippen LogP contribution is -2.40. The molecule has 0 saturated carbocycles. The first-order valence-electron chi connectivity index (χ1n) is 11.4. The van der Waals surface area contributed by atoms with Crippen LogP contribution >= 0.6 is 0 Å². The van der Waals surface area contributed by atoms with E-state index in [9.17, 15) is 5.11 Å². The van der Waals surface area contributed by atoms with E-state index < -0.39 is 6.10 Å². The Hall–Kier alpha value is -2.77. The summed E-state index contributed by atoms with van der Waals surface area (Å²) in [5.41, 5.74) is 2.02. The van der Waals surface area contributed by atoms with Gasteiger partial charge in [-0.2, -0.15) is 0 Å². The third kappa shape index (κ3) is 6.61. The minimum Gasteiger partial charge on any atom is -0.497 e. The number of ether oxygens (including phenoxy) is 2. The maximum atomic E-state index is 10.6. The largest absolute Gasteiger partial charge is 0.497 e. The number of rotatable bonds is 10. The number of benzene rings is 2. The van der Waals surface area contributed by atoms with Crippen LogP contribution in [-0.2, 0) is 0 Å². The van der Waals surface area contributed by atoms with Gasteiger partial charge in [0.05, 0.1) is 32.9 Å². The Morgan fingerprint density at radius 2 is 1.62 bits per heavy atom. The second kappa shape index (κ2) is 12.3. The van der Waals surface area contributed by atoms with E-state index in [-0.39, 0.29) is 6.04 Å². The minimum absolute atomic E-state index is 0.186. The molecule has 32 heavy (non-hydrogen) atoms. The van der Waals surface area contributed by atoms with Crippen molar-refractivity contribution < 1.29 is 14.6 Å². The summed E-state index contributed by atoms with van der Waals surface area (Å²) < 4.78 is 10.7. The number of guanidine groups is 1. The number of aliphatic hydroxyl groups excluding tert-OH is 1. The van der Waals surface area contributed by atoms with Crippen molar-refractivity contribution in [3.8, 4) is 11.5 Å². The molecule has 0 bridgehead atoms. The quantitative estimate of drug-likeness (QED) is 0.389. The average molecular weight is 441 g/mol. The van der Waals surface area contributed by atoms with E-state index >= 15 is 0 Å². The van der Waals surface area contributed by atoms with Gasteiger partial charge in [0.1, 0.15) is 11.5 Å². The van der Waals surface area contributed by atoms with Crippen LogP contribution in [0.5, 0.6) is 11.5 Å². The lowest BCUT2D eigenvalue weighted by molar-refractivity contribution is 0.180. The van der Waals surface area contributed by atoms with Gasteiger partial charge in [0.25, 0.3) is 0 Å². The van der Waals surface area contributed by atoms with Crippen molar-refractivity contribution in [2.45, 2.75) is 31.9 Å². The smallest absolute Gasteiger partial charge is 0.191 e. The van der Waals surface area contributed by atoms with E-state index in [1.54, 1.807) is 14.2 Å². The fourth-order valence-electron chi connectivity index (χ4n) is 4.01. The number of hydrogen-bond acceptors (Lipinski definition) is 5. The number of nitrogens with one attached hydrogen (secondary N) is 2. The highest BCUT2D eigenvalue weighted by molar-refractivity contribution is 5.79. The molecule has 7 heteroatoms. The molecule has 0 radical (unpaired) electrons. The highest BCUT2D eigenvalue weighted by Gasteiger charge is 2.24. The highest BCUT2D eigenvalue weighted by atomic mass is 16.5. The summed E-state index contributed by atoms with van der Waals surface area (Å²) >= 11 is 0. The van der Waals surface area contributed by atoms with Gasteiger partial charge in [0.15, 0.2) is 5.96 Å². The molecule has 3 N–H and O–H groups in total. The van der Waals surface area contributed by atoms with Crippen LogP contribution in [0.15, 0.2) is 53.5 Å². The van der Waals surface area contributed by atoms with Crippen LogP contribution in [0.2, 0.25) is 0 Å². The summed E-state index contributed by atoms with van der Waals surface area (Å²) in [4.78, 5) is 7.36. The minimum atomic E-state index is -0.665. The van der Waals surface area contributed by atoms with Crippen molar-refractivity contribution in [3.05, 3.63) is 59.7 Å². The summed E-state index contributed by atoms with van der Waals surface area (Å²) in [7, 11) is 3.32. The molecule has 1 aliphatic heterocycles. The SMILES string of the molecule is CCNC(=NCC(c1cccc(OC)c1)N1CCCC1)NCC(O)c1cccc(OC)c1. The van der Waals surface area contributed by atoms with Gasteiger partial charge in [0, 0.05) is 13.1 Å². The zero-order chi connectivity index (χ0) is 22.8. The monoisotopic (exact) mass is 440 g/mol. The fourth-order valence-corrected chi connectivity index (χ4v) is 4.01. The van der Waals surface area contributed by atoms with Crippen molar-refractivity contribution in [3.63, 3.8) is 0 Å². The second-order valence-electron chi connectivity index (χ2n) is 7.93. The molecule has 2 unspecified atom stereocenters. The Morgan fingerprint density at radius 3 is 2.25 bits per heavy atom. The van der Waals surface area contributed by atoms with Crippen molar-refractivity contribution in [2.75, 3.05) is 46.9 Å². The molecular weight excluding hydrogens is 404 g/mol. The summed E-state index contributed by atoms with van der Waals surface area (Å²) in [5.74, 6) is 2.29. The first kappa shape index (κ1) is 23.9. The van der Waals surface area contributed by atoms with E-state index in [0.29, 0.717) is 19.0 Å². The molecule has 2 aromatic carbocycles. The second-order valence-corrected chi connectivity index (χ2v) is 7.93. The molecule has 0 spiro atoms. The zero-order valence-corrected chi connectivity index (χ0v) is 19.4. The van der Waals surface area contributed by atoms with Gasteiger partial charge in [-0.05, 0) is 68.2 Å². The molecule has 7 nitrogen and oxygen atoms in total. The van der Waals surface area contributed by atoms with Crippen LogP contribution in [0.1, 0.15) is 43.0 Å². The number of aliphatic hydroxyl groups is 1. The third-order valence-electron chi connectivity index (χ3n) is 5.77. The zero-order valence-electron chi connectivity index (χ0n) is 19.4. The molecule has 0 aliphatic carbocycles.